The molecule has 0 bridgehead atoms. The van der Waals surface area contributed by atoms with E-state index >= 15 is 0 Å². The molecule has 8 nitrogen and oxygen atoms in total. The third kappa shape index (κ3) is 3.72. The first kappa shape index (κ1) is 18.1. The highest BCUT2D eigenvalue weighted by atomic mass is 16.5. The van der Waals surface area contributed by atoms with Gasteiger partial charge in [-0.15, -0.1) is 0 Å². The molecule has 3 heterocycles. The lowest BCUT2D eigenvalue weighted by Gasteiger charge is -2.14. The Kier molecular flexibility index (Phi) is 5.03. The maximum Gasteiger partial charge on any atom is 0.251 e. The van der Waals surface area contributed by atoms with Crippen LogP contribution in [0.25, 0.3) is 11.4 Å². The van der Waals surface area contributed by atoms with Crippen LogP contribution in [0, 0.1) is 0 Å². The van der Waals surface area contributed by atoms with Crippen LogP contribution in [0.5, 0.6) is 5.75 Å². The summed E-state index contributed by atoms with van der Waals surface area (Å²) in [6.45, 7) is 0.708. The van der Waals surface area contributed by atoms with E-state index in [2.05, 4.69) is 25.3 Å². The Morgan fingerprint density at radius 1 is 1.21 bits per heavy atom. The molecule has 0 radical (unpaired) electrons. The summed E-state index contributed by atoms with van der Waals surface area (Å²) < 4.78 is 10.6. The van der Waals surface area contributed by atoms with E-state index in [0.29, 0.717) is 30.2 Å². The van der Waals surface area contributed by atoms with Crippen molar-refractivity contribution < 1.29 is 14.1 Å². The van der Waals surface area contributed by atoms with E-state index < -0.39 is 0 Å². The van der Waals surface area contributed by atoms with Crippen molar-refractivity contribution in [3.05, 3.63) is 60.2 Å². The van der Waals surface area contributed by atoms with E-state index in [9.17, 15) is 4.79 Å². The van der Waals surface area contributed by atoms with Crippen molar-refractivity contribution in [2.45, 2.75) is 18.5 Å². The zero-order valence-corrected chi connectivity index (χ0v) is 15.7. The molecule has 1 N–H and O–H groups in total. The van der Waals surface area contributed by atoms with Crippen LogP contribution < -0.4 is 10.1 Å². The number of amides is 1. The molecule has 3 aromatic rings. The normalized spacial score (nSPS) is 19.5. The Hall–Kier alpha value is -3.26. The Morgan fingerprint density at radius 3 is 2.68 bits per heavy atom. The van der Waals surface area contributed by atoms with Crippen LogP contribution in [0.2, 0.25) is 0 Å². The third-order valence-electron chi connectivity index (χ3n) is 4.90. The number of hydrogen-bond donors (Lipinski definition) is 1. The van der Waals surface area contributed by atoms with E-state index in [1.54, 1.807) is 43.8 Å². The van der Waals surface area contributed by atoms with Crippen LogP contribution in [0.4, 0.5) is 0 Å². The number of methoxy groups -OCH3 is 1. The van der Waals surface area contributed by atoms with Gasteiger partial charge in [0.25, 0.3) is 5.91 Å². The second-order valence-corrected chi connectivity index (χ2v) is 6.78. The van der Waals surface area contributed by atoms with Gasteiger partial charge in [0, 0.05) is 36.1 Å². The SMILES string of the molecule is COc1ccc(C(=O)NC2CC(c3nc(-c4ccncc4)no3)N(C)C2)cc1. The Bertz CT molecular complexity index is 942. The Labute approximate surface area is 162 Å². The highest BCUT2D eigenvalue weighted by Gasteiger charge is 2.35. The van der Waals surface area contributed by atoms with Crippen LogP contribution >= 0.6 is 0 Å². The molecule has 2 atom stereocenters. The summed E-state index contributed by atoms with van der Waals surface area (Å²) >= 11 is 0. The highest BCUT2D eigenvalue weighted by molar-refractivity contribution is 5.94. The fourth-order valence-electron chi connectivity index (χ4n) is 3.39. The van der Waals surface area contributed by atoms with Crippen molar-refractivity contribution in [2.24, 2.45) is 0 Å². The fraction of sp³-hybridized carbons (Fsp3) is 0.300. The van der Waals surface area contributed by atoms with Gasteiger partial charge in [0.05, 0.1) is 13.2 Å². The molecule has 1 aliphatic heterocycles. The van der Waals surface area contributed by atoms with Gasteiger partial charge in [-0.2, -0.15) is 4.98 Å². The molecule has 1 aromatic carbocycles. The van der Waals surface area contributed by atoms with Gasteiger partial charge in [0.1, 0.15) is 5.75 Å². The highest BCUT2D eigenvalue weighted by Crippen LogP contribution is 2.31. The van der Waals surface area contributed by atoms with Gasteiger partial charge in [-0.1, -0.05) is 5.16 Å². The molecule has 0 spiro atoms. The first-order chi connectivity index (χ1) is 13.6. The van der Waals surface area contributed by atoms with Crippen molar-refractivity contribution in [2.75, 3.05) is 20.7 Å². The number of likely N-dealkylation sites (N-methyl/N-ethyl adjacent to an activating group) is 1. The maximum atomic E-state index is 12.5. The molecule has 1 aliphatic rings. The summed E-state index contributed by atoms with van der Waals surface area (Å²) in [5.74, 6) is 1.70. The number of likely N-dealkylation sites (tertiary alicyclic amines) is 1. The average molecular weight is 379 g/mol. The third-order valence-corrected chi connectivity index (χ3v) is 4.90. The van der Waals surface area contributed by atoms with Gasteiger partial charge in [-0.3, -0.25) is 14.7 Å². The summed E-state index contributed by atoms with van der Waals surface area (Å²) in [4.78, 5) is 23.2. The topological polar surface area (TPSA) is 93.4 Å². The minimum absolute atomic E-state index is 0.000812. The summed E-state index contributed by atoms with van der Waals surface area (Å²) in [5.41, 5.74) is 1.46. The number of hydrogen-bond acceptors (Lipinski definition) is 7. The predicted octanol–water partition coefficient (Wildman–Crippen LogP) is 2.32. The number of nitrogens with zero attached hydrogens (tertiary/aromatic N) is 4. The molecular formula is C20H21N5O3. The quantitative estimate of drug-likeness (QED) is 0.727. The molecule has 0 saturated carbocycles. The Balaban J connectivity index is 1.42. The van der Waals surface area contributed by atoms with Crippen molar-refractivity contribution >= 4 is 5.91 Å². The molecular weight excluding hydrogens is 358 g/mol. The van der Waals surface area contributed by atoms with Crippen molar-refractivity contribution in [1.82, 2.24) is 25.3 Å². The van der Waals surface area contributed by atoms with Crippen LogP contribution in [-0.2, 0) is 0 Å². The number of rotatable bonds is 5. The zero-order valence-electron chi connectivity index (χ0n) is 15.7. The lowest BCUT2D eigenvalue weighted by molar-refractivity contribution is 0.0938. The number of nitrogens with one attached hydrogen (secondary N) is 1. The molecule has 4 rings (SSSR count). The van der Waals surface area contributed by atoms with Gasteiger partial charge in [0.2, 0.25) is 11.7 Å². The van der Waals surface area contributed by atoms with E-state index in [1.807, 2.05) is 19.2 Å². The number of pyridine rings is 1. The van der Waals surface area contributed by atoms with Crippen LogP contribution in [-0.4, -0.2) is 52.7 Å². The molecule has 2 aromatic heterocycles. The van der Waals surface area contributed by atoms with E-state index in [4.69, 9.17) is 9.26 Å². The molecule has 2 unspecified atom stereocenters. The smallest absolute Gasteiger partial charge is 0.251 e. The molecule has 144 valence electrons. The Morgan fingerprint density at radius 2 is 1.96 bits per heavy atom. The number of carbonyl (C=O) groups is 1. The van der Waals surface area contributed by atoms with Gasteiger partial charge < -0.3 is 14.6 Å². The number of ether oxygens (including phenoxy) is 1. The van der Waals surface area contributed by atoms with E-state index in [1.165, 1.54) is 0 Å². The summed E-state index contributed by atoms with van der Waals surface area (Å²) in [5, 5.41) is 7.16. The van der Waals surface area contributed by atoms with Gasteiger partial charge in [0.15, 0.2) is 0 Å². The van der Waals surface area contributed by atoms with E-state index in [-0.39, 0.29) is 18.0 Å². The summed E-state index contributed by atoms with van der Waals surface area (Å²) in [6, 6.07) is 10.7. The lowest BCUT2D eigenvalue weighted by Crippen LogP contribution is -2.36. The first-order valence-corrected chi connectivity index (χ1v) is 9.03. The number of benzene rings is 1. The minimum Gasteiger partial charge on any atom is -0.497 e. The minimum atomic E-state index is -0.107. The van der Waals surface area contributed by atoms with Crippen LogP contribution in [0.1, 0.15) is 28.7 Å². The predicted molar refractivity (Wildman–Crippen MR) is 102 cm³/mol. The molecule has 1 saturated heterocycles. The molecule has 1 amide bonds. The first-order valence-electron chi connectivity index (χ1n) is 9.03. The molecule has 8 heteroatoms. The largest absolute Gasteiger partial charge is 0.497 e. The number of aromatic nitrogens is 3. The standard InChI is InChI=1S/C20H21N5O3/c1-25-12-15(22-19(26)14-3-5-16(27-2)6-4-14)11-17(25)20-23-18(24-28-20)13-7-9-21-10-8-13/h3-10,15,17H,11-12H2,1-2H3,(H,22,26). The van der Waals surface area contributed by atoms with Gasteiger partial charge in [-0.25, -0.2) is 0 Å². The van der Waals surface area contributed by atoms with Crippen LogP contribution in [0.15, 0.2) is 53.3 Å². The zero-order chi connectivity index (χ0) is 19.5. The second kappa shape index (κ2) is 7.77. The molecule has 28 heavy (non-hydrogen) atoms. The average Bonchev–Trinajstić information content (AvgIpc) is 3.35. The van der Waals surface area contributed by atoms with Gasteiger partial charge >= 0.3 is 0 Å². The maximum absolute atomic E-state index is 12.5. The van der Waals surface area contributed by atoms with Crippen molar-refractivity contribution in [3.63, 3.8) is 0 Å². The van der Waals surface area contributed by atoms with Crippen molar-refractivity contribution in [1.29, 1.82) is 0 Å². The van der Waals surface area contributed by atoms with Crippen molar-refractivity contribution in [3.8, 4) is 17.1 Å². The molecule has 1 fully saturated rings. The summed E-state index contributed by atoms with van der Waals surface area (Å²) in [7, 11) is 3.59. The van der Waals surface area contributed by atoms with E-state index in [0.717, 1.165) is 11.3 Å². The summed E-state index contributed by atoms with van der Waals surface area (Å²) in [6.07, 6.45) is 4.09. The second-order valence-electron chi connectivity index (χ2n) is 6.78. The molecule has 0 aliphatic carbocycles. The van der Waals surface area contributed by atoms with Crippen LogP contribution in [0.3, 0.4) is 0 Å². The number of carbonyl (C=O) groups excluding carboxylic acids is 1. The van der Waals surface area contributed by atoms with Gasteiger partial charge in [-0.05, 0) is 49.9 Å². The monoisotopic (exact) mass is 379 g/mol. The fourth-order valence-corrected chi connectivity index (χ4v) is 3.39. The lowest BCUT2D eigenvalue weighted by atomic mass is 10.1.